The molecule has 5 rings (SSSR count). The molecule has 0 bridgehead atoms. The number of fused-ring (bicyclic) bond motifs is 2. The molecule has 152 valence electrons. The molecule has 2 aromatic carbocycles. The van der Waals surface area contributed by atoms with Crippen molar-refractivity contribution in [3.63, 3.8) is 0 Å². The van der Waals surface area contributed by atoms with Gasteiger partial charge in [-0.3, -0.25) is 14.5 Å². The fraction of sp³-hybridized carbons (Fsp3) is 0.280. The molecule has 0 spiro atoms. The largest absolute Gasteiger partial charge is 0.326 e. The van der Waals surface area contributed by atoms with Crippen molar-refractivity contribution in [2.75, 3.05) is 7.05 Å². The van der Waals surface area contributed by atoms with Crippen molar-refractivity contribution in [2.45, 2.75) is 38.4 Å². The van der Waals surface area contributed by atoms with Gasteiger partial charge in [0.1, 0.15) is 5.82 Å². The molecule has 1 unspecified atom stereocenters. The first-order chi connectivity index (χ1) is 14.8. The molecule has 0 fully saturated rings. The summed E-state index contributed by atoms with van der Waals surface area (Å²) in [5, 5.41) is 0. The maximum Gasteiger partial charge on any atom is 0.128 e. The minimum absolute atomic E-state index is 0.313. The Hall–Kier alpha value is -3.02. The number of hydrogen-bond donors (Lipinski definition) is 1. The van der Waals surface area contributed by atoms with E-state index in [1.54, 1.807) is 0 Å². The molecule has 0 saturated carbocycles. The van der Waals surface area contributed by atoms with Gasteiger partial charge in [0.2, 0.25) is 0 Å². The Morgan fingerprint density at radius 2 is 1.90 bits per heavy atom. The fourth-order valence-corrected chi connectivity index (χ4v) is 4.70. The number of nitrogens with two attached hydrogens (primary N) is 1. The lowest BCUT2D eigenvalue weighted by Gasteiger charge is -2.32. The van der Waals surface area contributed by atoms with E-state index in [2.05, 4.69) is 59.0 Å². The van der Waals surface area contributed by atoms with Gasteiger partial charge in [-0.2, -0.15) is 0 Å². The molecule has 2 aromatic heterocycles. The van der Waals surface area contributed by atoms with E-state index in [0.717, 1.165) is 47.5 Å². The van der Waals surface area contributed by atoms with Crippen LogP contribution in [0.4, 0.5) is 0 Å². The van der Waals surface area contributed by atoms with Gasteiger partial charge in [0.25, 0.3) is 0 Å². The van der Waals surface area contributed by atoms with Crippen LogP contribution in [-0.2, 0) is 19.5 Å². The molecule has 0 radical (unpaired) electrons. The Morgan fingerprint density at radius 3 is 2.80 bits per heavy atom. The second-order valence-electron chi connectivity index (χ2n) is 8.06. The van der Waals surface area contributed by atoms with Gasteiger partial charge in [-0.05, 0) is 61.7 Å². The van der Waals surface area contributed by atoms with Crippen LogP contribution in [0.2, 0.25) is 0 Å². The van der Waals surface area contributed by atoms with Crippen LogP contribution in [0.15, 0.2) is 66.9 Å². The first kappa shape index (κ1) is 19.0. The summed E-state index contributed by atoms with van der Waals surface area (Å²) in [5.74, 6) is 1.03. The minimum Gasteiger partial charge on any atom is -0.326 e. The van der Waals surface area contributed by atoms with Crippen LogP contribution in [-0.4, -0.2) is 26.5 Å². The topological polar surface area (TPSA) is 60.0 Å². The van der Waals surface area contributed by atoms with E-state index in [-0.39, 0.29) is 0 Å². The van der Waals surface area contributed by atoms with Gasteiger partial charge >= 0.3 is 0 Å². The number of nitrogens with zero attached hydrogens (tertiary/aromatic N) is 4. The number of imidazole rings is 1. The molecule has 1 atom stereocenters. The second kappa shape index (κ2) is 8.01. The highest BCUT2D eigenvalue weighted by molar-refractivity contribution is 5.78. The van der Waals surface area contributed by atoms with Crippen LogP contribution < -0.4 is 5.73 Å². The Morgan fingerprint density at radius 1 is 1.07 bits per heavy atom. The second-order valence-corrected chi connectivity index (χ2v) is 8.06. The summed E-state index contributed by atoms with van der Waals surface area (Å²) in [6.07, 6.45) is 5.36. The number of para-hydroxylation sites is 3. The summed E-state index contributed by atoms with van der Waals surface area (Å²) >= 11 is 0. The monoisotopic (exact) mass is 397 g/mol. The van der Waals surface area contributed by atoms with Crippen molar-refractivity contribution in [2.24, 2.45) is 5.73 Å². The van der Waals surface area contributed by atoms with Gasteiger partial charge in [-0.15, -0.1) is 0 Å². The SMILES string of the molecule is CN(Cc1nc2ccccc2n1-c1ccccc1CN)C1CCCc2cccnc21. The number of hydrogen-bond acceptors (Lipinski definition) is 4. The third-order valence-corrected chi connectivity index (χ3v) is 6.17. The maximum atomic E-state index is 6.07. The van der Waals surface area contributed by atoms with E-state index in [4.69, 9.17) is 15.7 Å². The highest BCUT2D eigenvalue weighted by atomic mass is 15.2. The quantitative estimate of drug-likeness (QED) is 0.543. The van der Waals surface area contributed by atoms with Crippen molar-refractivity contribution in [1.82, 2.24) is 19.4 Å². The summed E-state index contributed by atoms with van der Waals surface area (Å²) < 4.78 is 2.27. The van der Waals surface area contributed by atoms with Crippen LogP contribution in [0.5, 0.6) is 0 Å². The van der Waals surface area contributed by atoms with Crippen LogP contribution in [0.25, 0.3) is 16.7 Å². The predicted molar refractivity (Wildman–Crippen MR) is 120 cm³/mol. The van der Waals surface area contributed by atoms with E-state index in [1.165, 1.54) is 17.7 Å². The van der Waals surface area contributed by atoms with Crippen molar-refractivity contribution >= 4 is 11.0 Å². The molecular formula is C25H27N5. The van der Waals surface area contributed by atoms with Gasteiger partial charge in [-0.1, -0.05) is 36.4 Å². The number of benzene rings is 2. The summed E-state index contributed by atoms with van der Waals surface area (Å²) in [6.45, 7) is 1.24. The number of aromatic nitrogens is 3. The molecule has 5 nitrogen and oxygen atoms in total. The van der Waals surface area contributed by atoms with Gasteiger partial charge in [0.05, 0.1) is 35.0 Å². The standard InChI is InChI=1S/C25H27N5/c1-29(23-14-6-9-18-10-7-15-27-25(18)23)17-24-28-20-11-3-5-13-22(20)30(24)21-12-4-2-8-19(21)16-26/h2-5,7-8,10-13,15,23H,6,9,14,16-17,26H2,1H3. The molecule has 2 heterocycles. The van der Waals surface area contributed by atoms with Crippen LogP contribution >= 0.6 is 0 Å². The van der Waals surface area contributed by atoms with Crippen molar-refractivity contribution < 1.29 is 0 Å². The maximum absolute atomic E-state index is 6.07. The number of aryl methyl sites for hydroxylation is 1. The van der Waals surface area contributed by atoms with E-state index in [9.17, 15) is 0 Å². The number of rotatable bonds is 5. The summed E-state index contributed by atoms with van der Waals surface area (Å²) in [7, 11) is 2.19. The average Bonchev–Trinajstić information content (AvgIpc) is 3.16. The third-order valence-electron chi connectivity index (χ3n) is 6.17. The Kier molecular flexibility index (Phi) is 5.07. The molecular weight excluding hydrogens is 370 g/mol. The summed E-state index contributed by atoms with van der Waals surface area (Å²) in [5.41, 5.74) is 13.0. The molecule has 1 aliphatic carbocycles. The van der Waals surface area contributed by atoms with Crippen LogP contribution in [0.3, 0.4) is 0 Å². The zero-order valence-corrected chi connectivity index (χ0v) is 17.3. The highest BCUT2D eigenvalue weighted by Crippen LogP contribution is 2.33. The molecule has 1 aliphatic rings. The van der Waals surface area contributed by atoms with Crippen molar-refractivity contribution in [3.8, 4) is 5.69 Å². The lowest BCUT2D eigenvalue weighted by molar-refractivity contribution is 0.203. The highest BCUT2D eigenvalue weighted by Gasteiger charge is 2.26. The van der Waals surface area contributed by atoms with Crippen molar-refractivity contribution in [1.29, 1.82) is 0 Å². The lowest BCUT2D eigenvalue weighted by atomic mass is 9.91. The van der Waals surface area contributed by atoms with Crippen LogP contribution in [0, 0.1) is 0 Å². The van der Waals surface area contributed by atoms with Gasteiger partial charge in [0, 0.05) is 12.7 Å². The smallest absolute Gasteiger partial charge is 0.128 e. The predicted octanol–water partition coefficient (Wildman–Crippen LogP) is 4.39. The molecule has 4 aromatic rings. The van der Waals surface area contributed by atoms with E-state index >= 15 is 0 Å². The minimum atomic E-state index is 0.313. The van der Waals surface area contributed by atoms with E-state index < -0.39 is 0 Å². The summed E-state index contributed by atoms with van der Waals surface area (Å²) in [4.78, 5) is 12.1. The molecule has 0 amide bonds. The first-order valence-corrected chi connectivity index (χ1v) is 10.6. The molecule has 5 heteroatoms. The Bertz CT molecular complexity index is 1180. The molecule has 30 heavy (non-hydrogen) atoms. The number of pyridine rings is 1. The zero-order valence-electron chi connectivity index (χ0n) is 17.3. The van der Waals surface area contributed by atoms with Gasteiger partial charge < -0.3 is 5.73 Å². The average molecular weight is 398 g/mol. The Labute approximate surface area is 177 Å². The molecule has 0 aliphatic heterocycles. The van der Waals surface area contributed by atoms with Gasteiger partial charge in [0.15, 0.2) is 0 Å². The fourth-order valence-electron chi connectivity index (χ4n) is 4.70. The molecule has 2 N–H and O–H groups in total. The summed E-state index contributed by atoms with van der Waals surface area (Å²) in [6, 6.07) is 21.3. The van der Waals surface area contributed by atoms with Gasteiger partial charge in [-0.25, -0.2) is 4.98 Å². The van der Waals surface area contributed by atoms with Crippen LogP contribution in [0.1, 0.15) is 41.5 Å². The molecule has 0 saturated heterocycles. The van der Waals surface area contributed by atoms with E-state index in [0.29, 0.717) is 12.6 Å². The Balaban J connectivity index is 1.57. The first-order valence-electron chi connectivity index (χ1n) is 10.6. The van der Waals surface area contributed by atoms with Crippen molar-refractivity contribution in [3.05, 3.63) is 89.5 Å². The lowest BCUT2D eigenvalue weighted by Crippen LogP contribution is -2.29. The normalized spacial score (nSPS) is 16.2. The van der Waals surface area contributed by atoms with E-state index in [1.807, 2.05) is 24.4 Å². The third kappa shape index (κ3) is 3.30. The zero-order chi connectivity index (χ0) is 20.5.